The van der Waals surface area contributed by atoms with Gasteiger partial charge < -0.3 is 19.2 Å². The van der Waals surface area contributed by atoms with Gasteiger partial charge in [-0.3, -0.25) is 14.9 Å². The number of ether oxygens (including phenoxy) is 2. The molecule has 1 N–H and O–H groups in total. The zero-order valence-electron chi connectivity index (χ0n) is 18.1. The Morgan fingerprint density at radius 2 is 1.79 bits per heavy atom. The maximum Gasteiger partial charge on any atom is 0.286 e. The second-order valence-electron chi connectivity index (χ2n) is 7.21. The van der Waals surface area contributed by atoms with Crippen LogP contribution in [0.25, 0.3) is 11.0 Å². The Labute approximate surface area is 189 Å². The number of amides is 1. The van der Waals surface area contributed by atoms with E-state index in [1.807, 2.05) is 60.7 Å². The monoisotopic (exact) mass is 446 g/mol. The van der Waals surface area contributed by atoms with E-state index >= 15 is 0 Å². The number of hydrogen-bond donors (Lipinski definition) is 1. The number of benzene rings is 3. The van der Waals surface area contributed by atoms with Gasteiger partial charge in [-0.15, -0.1) is 0 Å². The summed E-state index contributed by atoms with van der Waals surface area (Å²) in [5, 5.41) is 15.5. The van der Waals surface area contributed by atoms with Crippen LogP contribution in [0.2, 0.25) is 0 Å². The fourth-order valence-corrected chi connectivity index (χ4v) is 3.63. The van der Waals surface area contributed by atoms with Gasteiger partial charge in [-0.25, -0.2) is 0 Å². The van der Waals surface area contributed by atoms with Crippen molar-refractivity contribution in [3.8, 4) is 11.5 Å². The minimum atomic E-state index is -0.664. The molecule has 1 amide bonds. The van der Waals surface area contributed by atoms with Gasteiger partial charge in [0, 0.05) is 11.5 Å². The lowest BCUT2D eigenvalue weighted by atomic mass is 10.0. The molecule has 3 aromatic carbocycles. The smallest absolute Gasteiger partial charge is 0.286 e. The van der Waals surface area contributed by atoms with E-state index in [-0.39, 0.29) is 22.7 Å². The second kappa shape index (κ2) is 9.44. The van der Waals surface area contributed by atoms with Crippen LogP contribution in [-0.2, 0) is 0 Å². The fraction of sp³-hybridized carbons (Fsp3) is 0.160. The molecule has 33 heavy (non-hydrogen) atoms. The van der Waals surface area contributed by atoms with E-state index in [2.05, 4.69) is 5.32 Å². The molecule has 1 aromatic heterocycles. The molecule has 1 heterocycles. The molecule has 0 bridgehead atoms. The standard InChI is InChI=1S/C25H22N2O6/c1-3-32-22-14-18(19(27(29)30)15-21(22)31-2)25(28)26-24(16-9-5-4-6-10-16)23-13-17-11-7-8-12-20(17)33-23/h4-15,24H,3H2,1-2H3,(H,26,28). The Bertz CT molecular complexity index is 1270. The Balaban J connectivity index is 1.77. The number of fused-ring (bicyclic) bond motifs is 1. The van der Waals surface area contributed by atoms with E-state index in [9.17, 15) is 14.9 Å². The minimum absolute atomic E-state index is 0.138. The first kappa shape index (κ1) is 21.9. The van der Waals surface area contributed by atoms with Gasteiger partial charge in [-0.05, 0) is 24.6 Å². The molecule has 0 aliphatic carbocycles. The third-order valence-corrected chi connectivity index (χ3v) is 5.16. The lowest BCUT2D eigenvalue weighted by molar-refractivity contribution is -0.385. The molecular weight excluding hydrogens is 424 g/mol. The zero-order chi connectivity index (χ0) is 23.4. The summed E-state index contributed by atoms with van der Waals surface area (Å²) >= 11 is 0. The largest absolute Gasteiger partial charge is 0.493 e. The molecule has 0 saturated heterocycles. The third-order valence-electron chi connectivity index (χ3n) is 5.16. The Morgan fingerprint density at radius 1 is 1.06 bits per heavy atom. The quantitative estimate of drug-likeness (QED) is 0.292. The first-order chi connectivity index (χ1) is 16.0. The molecule has 168 valence electrons. The maximum absolute atomic E-state index is 13.3. The van der Waals surface area contributed by atoms with Gasteiger partial charge in [0.2, 0.25) is 0 Å². The summed E-state index contributed by atoms with van der Waals surface area (Å²) in [5.41, 5.74) is 0.924. The number of nitrogens with zero attached hydrogens (tertiary/aromatic N) is 1. The van der Waals surface area contributed by atoms with Gasteiger partial charge in [0.1, 0.15) is 22.9 Å². The molecule has 0 aliphatic heterocycles. The Hall–Kier alpha value is -4.33. The van der Waals surface area contributed by atoms with Crippen molar-refractivity contribution in [2.45, 2.75) is 13.0 Å². The molecule has 4 aromatic rings. The highest BCUT2D eigenvalue weighted by atomic mass is 16.6. The topological polar surface area (TPSA) is 104 Å². The summed E-state index contributed by atoms with van der Waals surface area (Å²) in [5.74, 6) is 0.296. The predicted octanol–water partition coefficient (Wildman–Crippen LogP) is 5.27. The van der Waals surface area contributed by atoms with Crippen LogP contribution in [0.5, 0.6) is 11.5 Å². The molecule has 0 spiro atoms. The third kappa shape index (κ3) is 4.50. The van der Waals surface area contributed by atoms with Crippen LogP contribution in [0.3, 0.4) is 0 Å². The van der Waals surface area contributed by atoms with Gasteiger partial charge >= 0.3 is 0 Å². The molecule has 8 heteroatoms. The molecule has 0 fully saturated rings. The second-order valence-corrected chi connectivity index (χ2v) is 7.21. The molecule has 0 aliphatic rings. The fourth-order valence-electron chi connectivity index (χ4n) is 3.63. The highest BCUT2D eigenvalue weighted by molar-refractivity contribution is 5.99. The number of nitro benzene ring substituents is 1. The lowest BCUT2D eigenvalue weighted by Crippen LogP contribution is -2.29. The number of furan rings is 1. The average Bonchev–Trinajstić information content (AvgIpc) is 3.26. The maximum atomic E-state index is 13.3. The number of methoxy groups -OCH3 is 1. The Morgan fingerprint density at radius 3 is 2.45 bits per heavy atom. The van der Waals surface area contributed by atoms with Gasteiger partial charge in [0.15, 0.2) is 11.5 Å². The van der Waals surface area contributed by atoms with E-state index in [1.54, 1.807) is 6.92 Å². The molecule has 1 atom stereocenters. The summed E-state index contributed by atoms with van der Waals surface area (Å²) in [6.45, 7) is 2.08. The van der Waals surface area contributed by atoms with Gasteiger partial charge in [-0.2, -0.15) is 0 Å². The van der Waals surface area contributed by atoms with Crippen molar-refractivity contribution in [3.63, 3.8) is 0 Å². The SMILES string of the molecule is CCOc1cc(C(=O)NC(c2ccccc2)c2cc3ccccc3o2)c([N+](=O)[O-])cc1OC. The predicted molar refractivity (Wildman–Crippen MR) is 123 cm³/mol. The lowest BCUT2D eigenvalue weighted by Gasteiger charge is -2.18. The number of para-hydroxylation sites is 1. The summed E-state index contributed by atoms with van der Waals surface area (Å²) in [7, 11) is 1.38. The molecule has 0 radical (unpaired) electrons. The first-order valence-electron chi connectivity index (χ1n) is 10.3. The van der Waals surface area contributed by atoms with E-state index in [4.69, 9.17) is 13.9 Å². The van der Waals surface area contributed by atoms with Gasteiger partial charge in [0.05, 0.1) is 24.7 Å². The van der Waals surface area contributed by atoms with Crippen LogP contribution in [0.15, 0.2) is 77.2 Å². The van der Waals surface area contributed by atoms with Crippen molar-refractivity contribution in [2.75, 3.05) is 13.7 Å². The highest BCUT2D eigenvalue weighted by Crippen LogP contribution is 2.36. The Kier molecular flexibility index (Phi) is 6.26. The van der Waals surface area contributed by atoms with E-state index < -0.39 is 16.9 Å². The summed E-state index contributed by atoms with van der Waals surface area (Å²) in [6, 6.07) is 20.5. The van der Waals surface area contributed by atoms with E-state index in [0.717, 1.165) is 10.9 Å². The molecule has 1 unspecified atom stereocenters. The number of carbonyl (C=O) groups is 1. The van der Waals surface area contributed by atoms with Crippen LogP contribution in [-0.4, -0.2) is 24.5 Å². The molecule has 8 nitrogen and oxygen atoms in total. The van der Waals surface area contributed by atoms with Gasteiger partial charge in [-0.1, -0.05) is 48.5 Å². The summed E-state index contributed by atoms with van der Waals surface area (Å²) < 4.78 is 16.7. The van der Waals surface area contributed by atoms with Crippen molar-refractivity contribution < 1.29 is 23.6 Å². The number of rotatable bonds is 8. The normalized spacial score (nSPS) is 11.7. The average molecular weight is 446 g/mol. The van der Waals surface area contributed by atoms with Crippen molar-refractivity contribution in [2.24, 2.45) is 0 Å². The van der Waals surface area contributed by atoms with Crippen molar-refractivity contribution in [1.29, 1.82) is 0 Å². The zero-order valence-corrected chi connectivity index (χ0v) is 18.1. The summed E-state index contributed by atoms with van der Waals surface area (Å²) in [6.07, 6.45) is 0. The van der Waals surface area contributed by atoms with Gasteiger partial charge in [0.25, 0.3) is 11.6 Å². The minimum Gasteiger partial charge on any atom is -0.493 e. The molecular formula is C25H22N2O6. The van der Waals surface area contributed by atoms with Crippen molar-refractivity contribution >= 4 is 22.6 Å². The number of hydrogen-bond acceptors (Lipinski definition) is 6. The van der Waals surface area contributed by atoms with Crippen molar-refractivity contribution in [3.05, 3.63) is 99.8 Å². The summed E-state index contributed by atoms with van der Waals surface area (Å²) in [4.78, 5) is 24.4. The van der Waals surface area contributed by atoms with Crippen LogP contribution in [0, 0.1) is 10.1 Å². The first-order valence-corrected chi connectivity index (χ1v) is 10.3. The number of nitro groups is 1. The highest BCUT2D eigenvalue weighted by Gasteiger charge is 2.28. The van der Waals surface area contributed by atoms with Crippen LogP contribution in [0.1, 0.15) is 34.6 Å². The molecule has 0 saturated carbocycles. The molecule has 4 rings (SSSR count). The van der Waals surface area contributed by atoms with Crippen LogP contribution in [0.4, 0.5) is 5.69 Å². The van der Waals surface area contributed by atoms with E-state index in [0.29, 0.717) is 18.0 Å². The van der Waals surface area contributed by atoms with Crippen LogP contribution >= 0.6 is 0 Å². The van der Waals surface area contributed by atoms with Crippen LogP contribution < -0.4 is 14.8 Å². The van der Waals surface area contributed by atoms with Crippen molar-refractivity contribution in [1.82, 2.24) is 5.32 Å². The van der Waals surface area contributed by atoms with E-state index in [1.165, 1.54) is 19.2 Å². The number of nitrogens with one attached hydrogen (secondary N) is 1. The number of carbonyl (C=O) groups excluding carboxylic acids is 1.